The Morgan fingerprint density at radius 1 is 1.35 bits per heavy atom. The standard InChI is InChI=1S/C11H13F3N2S/c1-10(2)6-4-16(5-7(6)10)9-15-3-8(17-9)11(12,13)14/h3,6-7H,4-5H2,1-2H3. The second-order valence-electron chi connectivity index (χ2n) is 5.44. The van der Waals surface area contributed by atoms with Crippen LogP contribution in [0, 0.1) is 17.3 Å². The highest BCUT2D eigenvalue weighted by molar-refractivity contribution is 7.15. The van der Waals surface area contributed by atoms with Crippen LogP contribution < -0.4 is 4.90 Å². The Morgan fingerprint density at radius 3 is 2.41 bits per heavy atom. The van der Waals surface area contributed by atoms with Crippen LogP contribution in [-0.4, -0.2) is 18.1 Å². The lowest BCUT2D eigenvalue weighted by Gasteiger charge is -2.20. The number of piperidine rings is 1. The van der Waals surface area contributed by atoms with E-state index in [4.69, 9.17) is 0 Å². The maximum absolute atomic E-state index is 12.4. The summed E-state index contributed by atoms with van der Waals surface area (Å²) in [5.41, 5.74) is 0.376. The second-order valence-corrected chi connectivity index (χ2v) is 6.45. The van der Waals surface area contributed by atoms with Crippen molar-refractivity contribution in [1.82, 2.24) is 4.98 Å². The Balaban J connectivity index is 1.74. The molecule has 0 N–H and O–H groups in total. The molecule has 94 valence electrons. The predicted molar refractivity (Wildman–Crippen MR) is 60.1 cm³/mol. The number of anilines is 1. The van der Waals surface area contributed by atoms with Crippen LogP contribution in [0.5, 0.6) is 0 Å². The molecule has 0 aromatic carbocycles. The number of aromatic nitrogens is 1. The van der Waals surface area contributed by atoms with Gasteiger partial charge in [0.25, 0.3) is 0 Å². The van der Waals surface area contributed by atoms with Crippen molar-refractivity contribution in [2.75, 3.05) is 18.0 Å². The molecular weight excluding hydrogens is 249 g/mol. The van der Waals surface area contributed by atoms with E-state index in [1.165, 1.54) is 0 Å². The van der Waals surface area contributed by atoms with Gasteiger partial charge in [0.05, 0.1) is 6.20 Å². The van der Waals surface area contributed by atoms with Crippen LogP contribution in [0.15, 0.2) is 6.20 Å². The Morgan fingerprint density at radius 2 is 1.94 bits per heavy atom. The summed E-state index contributed by atoms with van der Waals surface area (Å²) in [6.07, 6.45) is -3.33. The molecule has 2 nitrogen and oxygen atoms in total. The summed E-state index contributed by atoms with van der Waals surface area (Å²) >= 11 is 0.750. The van der Waals surface area contributed by atoms with Gasteiger partial charge in [-0.05, 0) is 17.3 Å². The van der Waals surface area contributed by atoms with Crippen molar-refractivity contribution in [2.45, 2.75) is 20.0 Å². The number of rotatable bonds is 1. The second kappa shape index (κ2) is 3.16. The van der Waals surface area contributed by atoms with E-state index in [2.05, 4.69) is 18.8 Å². The van der Waals surface area contributed by atoms with Gasteiger partial charge in [-0.3, -0.25) is 0 Å². The van der Waals surface area contributed by atoms with E-state index in [9.17, 15) is 13.2 Å². The molecule has 0 amide bonds. The van der Waals surface area contributed by atoms with E-state index in [1.807, 2.05) is 4.90 Å². The average Bonchev–Trinajstić information content (AvgIpc) is 2.73. The summed E-state index contributed by atoms with van der Waals surface area (Å²) in [5, 5.41) is 0.514. The smallest absolute Gasteiger partial charge is 0.347 e. The van der Waals surface area contributed by atoms with Crippen molar-refractivity contribution in [3.8, 4) is 0 Å². The van der Waals surface area contributed by atoms with Gasteiger partial charge < -0.3 is 4.90 Å². The van der Waals surface area contributed by atoms with Crippen LogP contribution >= 0.6 is 11.3 Å². The van der Waals surface area contributed by atoms with E-state index in [0.29, 0.717) is 22.4 Å². The van der Waals surface area contributed by atoms with Crippen LogP contribution in [0.1, 0.15) is 18.7 Å². The summed E-state index contributed by atoms with van der Waals surface area (Å²) < 4.78 is 37.3. The molecule has 3 rings (SSSR count). The monoisotopic (exact) mass is 262 g/mol. The highest BCUT2D eigenvalue weighted by atomic mass is 32.1. The highest BCUT2D eigenvalue weighted by Gasteiger charge is 2.62. The van der Waals surface area contributed by atoms with Gasteiger partial charge in [-0.25, -0.2) is 4.98 Å². The first-order chi connectivity index (χ1) is 7.80. The SMILES string of the molecule is CC1(C)C2CN(c3ncc(C(F)(F)F)s3)CC21. The normalized spacial score (nSPS) is 30.5. The van der Waals surface area contributed by atoms with Crippen LogP contribution in [-0.2, 0) is 6.18 Å². The quantitative estimate of drug-likeness (QED) is 0.772. The zero-order valence-corrected chi connectivity index (χ0v) is 10.4. The molecule has 17 heavy (non-hydrogen) atoms. The summed E-state index contributed by atoms with van der Waals surface area (Å²) in [6.45, 7) is 6.15. The zero-order valence-electron chi connectivity index (χ0n) is 9.58. The highest BCUT2D eigenvalue weighted by Crippen LogP contribution is 2.62. The molecule has 1 aliphatic carbocycles. The third-order valence-electron chi connectivity index (χ3n) is 4.17. The van der Waals surface area contributed by atoms with Crippen LogP contribution in [0.3, 0.4) is 0 Å². The molecule has 1 saturated heterocycles. The summed E-state index contributed by atoms with van der Waals surface area (Å²) in [7, 11) is 0. The molecule has 1 aromatic rings. The lowest BCUT2D eigenvalue weighted by molar-refractivity contribution is -0.134. The minimum absolute atomic E-state index is 0.376. The summed E-state index contributed by atoms with van der Waals surface area (Å²) in [6, 6.07) is 0. The predicted octanol–water partition coefficient (Wildman–Crippen LogP) is 3.25. The fourth-order valence-corrected chi connectivity index (χ4v) is 3.63. The molecule has 2 atom stereocenters. The zero-order chi connectivity index (χ0) is 12.4. The Hall–Kier alpha value is -0.780. The third-order valence-corrected chi connectivity index (χ3v) is 5.27. The van der Waals surface area contributed by atoms with Crippen molar-refractivity contribution in [2.24, 2.45) is 17.3 Å². The minimum Gasteiger partial charge on any atom is -0.347 e. The van der Waals surface area contributed by atoms with E-state index >= 15 is 0 Å². The number of hydrogen-bond donors (Lipinski definition) is 0. The summed E-state index contributed by atoms with van der Waals surface area (Å²) in [4.78, 5) is 5.27. The van der Waals surface area contributed by atoms with Crippen molar-refractivity contribution >= 4 is 16.5 Å². The molecule has 1 aliphatic heterocycles. The molecule has 2 aliphatic rings. The number of nitrogens with zero attached hydrogens (tertiary/aromatic N) is 2. The first-order valence-corrected chi connectivity index (χ1v) is 6.40. The van der Waals surface area contributed by atoms with E-state index < -0.39 is 11.1 Å². The molecule has 0 spiro atoms. The first kappa shape index (κ1) is 11.3. The van der Waals surface area contributed by atoms with E-state index in [-0.39, 0.29) is 0 Å². The van der Waals surface area contributed by atoms with Gasteiger partial charge in [0, 0.05) is 13.1 Å². The molecule has 1 saturated carbocycles. The lowest BCUT2D eigenvalue weighted by Crippen LogP contribution is -2.25. The van der Waals surface area contributed by atoms with Crippen molar-refractivity contribution in [3.63, 3.8) is 0 Å². The van der Waals surface area contributed by atoms with Crippen molar-refractivity contribution in [3.05, 3.63) is 11.1 Å². The van der Waals surface area contributed by atoms with Gasteiger partial charge in [-0.15, -0.1) is 0 Å². The number of alkyl halides is 3. The van der Waals surface area contributed by atoms with Crippen molar-refractivity contribution < 1.29 is 13.2 Å². The maximum atomic E-state index is 12.4. The molecule has 0 bridgehead atoms. The number of halogens is 3. The maximum Gasteiger partial charge on any atom is 0.427 e. The van der Waals surface area contributed by atoms with Gasteiger partial charge in [0.1, 0.15) is 4.88 Å². The van der Waals surface area contributed by atoms with Gasteiger partial charge in [0.2, 0.25) is 0 Å². The van der Waals surface area contributed by atoms with Crippen LogP contribution in [0.4, 0.5) is 18.3 Å². The fraction of sp³-hybridized carbons (Fsp3) is 0.727. The lowest BCUT2D eigenvalue weighted by atomic mass is 10.1. The van der Waals surface area contributed by atoms with E-state index in [0.717, 1.165) is 30.6 Å². The number of thiazole rings is 1. The molecule has 2 unspecified atom stereocenters. The third kappa shape index (κ3) is 1.64. The molecule has 0 radical (unpaired) electrons. The Labute approximate surface area is 101 Å². The molecule has 6 heteroatoms. The number of hydrogen-bond acceptors (Lipinski definition) is 3. The number of fused-ring (bicyclic) bond motifs is 1. The molecule has 2 fully saturated rings. The Kier molecular flexibility index (Phi) is 2.10. The van der Waals surface area contributed by atoms with Crippen LogP contribution in [0.25, 0.3) is 0 Å². The average molecular weight is 262 g/mol. The molecule has 1 aromatic heterocycles. The molecule has 2 heterocycles. The first-order valence-electron chi connectivity index (χ1n) is 5.58. The van der Waals surface area contributed by atoms with Gasteiger partial charge in [-0.2, -0.15) is 13.2 Å². The topological polar surface area (TPSA) is 16.1 Å². The largest absolute Gasteiger partial charge is 0.427 e. The Bertz CT molecular complexity index is 438. The minimum atomic E-state index is -4.27. The van der Waals surface area contributed by atoms with Crippen LogP contribution in [0.2, 0.25) is 0 Å². The van der Waals surface area contributed by atoms with E-state index in [1.54, 1.807) is 0 Å². The summed E-state index contributed by atoms with van der Waals surface area (Å²) in [5.74, 6) is 1.25. The van der Waals surface area contributed by atoms with Gasteiger partial charge in [0.15, 0.2) is 5.13 Å². The van der Waals surface area contributed by atoms with Gasteiger partial charge in [-0.1, -0.05) is 25.2 Å². The van der Waals surface area contributed by atoms with Gasteiger partial charge >= 0.3 is 6.18 Å². The fourth-order valence-electron chi connectivity index (χ4n) is 2.83. The van der Waals surface area contributed by atoms with Crippen molar-refractivity contribution in [1.29, 1.82) is 0 Å². The molecular formula is C11H13F3N2S.